The molecule has 52 heavy (non-hydrogen) atoms. The van der Waals surface area contributed by atoms with Crippen molar-refractivity contribution in [3.05, 3.63) is 90.0 Å². The molecule has 12 nitrogen and oxygen atoms in total. The zero-order valence-corrected chi connectivity index (χ0v) is 31.2. The average Bonchev–Trinajstić information content (AvgIpc) is 3.13. The number of alkyl carbamates (subject to hydrolysis) is 1. The second-order valence-corrected chi connectivity index (χ2v) is 13.7. The molecule has 1 heterocycles. The molecule has 0 radical (unpaired) electrons. The lowest BCUT2D eigenvalue weighted by Crippen LogP contribution is -2.50. The summed E-state index contributed by atoms with van der Waals surface area (Å²) in [6.07, 6.45) is -0.496. The molecule has 1 saturated heterocycles. The molecular formula is C40H54N4O8. The van der Waals surface area contributed by atoms with Crippen LogP contribution in [0.2, 0.25) is 0 Å². The number of nitrogens with one attached hydrogen (secondary N) is 1. The minimum absolute atomic E-state index is 0.0826. The fourth-order valence-electron chi connectivity index (χ4n) is 5.64. The fourth-order valence-corrected chi connectivity index (χ4v) is 5.64. The highest BCUT2D eigenvalue weighted by molar-refractivity contribution is 5.81. The lowest BCUT2D eigenvalue weighted by atomic mass is 10.0. The topological polar surface area (TPSA) is 119 Å². The summed E-state index contributed by atoms with van der Waals surface area (Å²) in [4.78, 5) is 47.9. The van der Waals surface area contributed by atoms with Crippen LogP contribution >= 0.6 is 0 Å². The van der Waals surface area contributed by atoms with E-state index in [-0.39, 0.29) is 31.6 Å². The number of ketones is 1. The van der Waals surface area contributed by atoms with E-state index < -0.39 is 17.7 Å². The average molecular weight is 719 g/mol. The Hall–Kier alpha value is -4.49. The molecular weight excluding hydrogens is 664 g/mol. The number of hydrogen-bond acceptors (Lipinski definition) is 10. The van der Waals surface area contributed by atoms with Crippen molar-refractivity contribution in [1.29, 1.82) is 0 Å². The van der Waals surface area contributed by atoms with Crippen LogP contribution in [0.1, 0.15) is 45.2 Å². The van der Waals surface area contributed by atoms with Gasteiger partial charge in [0.05, 0.1) is 33.0 Å². The molecule has 0 bridgehead atoms. The maximum Gasteiger partial charge on any atom is 0.410 e. The molecule has 282 valence electrons. The van der Waals surface area contributed by atoms with E-state index in [2.05, 4.69) is 10.2 Å². The van der Waals surface area contributed by atoms with Crippen LogP contribution in [0.4, 0.5) is 9.59 Å². The summed E-state index contributed by atoms with van der Waals surface area (Å²) in [6, 6.07) is 24.8. The van der Waals surface area contributed by atoms with Gasteiger partial charge in [0.25, 0.3) is 0 Å². The maximum absolute atomic E-state index is 13.0. The van der Waals surface area contributed by atoms with Gasteiger partial charge in [-0.15, -0.1) is 0 Å². The number of ether oxygens (including phenoxy) is 4. The zero-order chi connectivity index (χ0) is 37.3. The van der Waals surface area contributed by atoms with Crippen molar-refractivity contribution < 1.29 is 38.2 Å². The van der Waals surface area contributed by atoms with Crippen LogP contribution in [0.25, 0.3) is 11.1 Å². The Morgan fingerprint density at radius 1 is 0.827 bits per heavy atom. The number of benzene rings is 3. The first-order valence-electron chi connectivity index (χ1n) is 17.9. The van der Waals surface area contributed by atoms with Gasteiger partial charge in [0.15, 0.2) is 0 Å². The first-order chi connectivity index (χ1) is 25.0. The molecule has 12 heteroatoms. The number of carbonyl (C=O) groups is 3. The largest absolute Gasteiger partial charge is 0.497 e. The number of hydroxylamine groups is 2. The molecule has 0 aliphatic carbocycles. The lowest BCUT2D eigenvalue weighted by molar-refractivity contribution is -0.203. The molecule has 0 saturated carbocycles. The fraction of sp³-hybridized carbons (Fsp3) is 0.475. The Labute approximate surface area is 307 Å². The van der Waals surface area contributed by atoms with Crippen molar-refractivity contribution in [2.75, 3.05) is 66.2 Å². The van der Waals surface area contributed by atoms with Crippen molar-refractivity contribution in [1.82, 2.24) is 20.2 Å². The number of hydrogen-bond donors (Lipinski definition) is 1. The van der Waals surface area contributed by atoms with E-state index in [0.29, 0.717) is 39.3 Å². The third-order valence-corrected chi connectivity index (χ3v) is 8.49. The second-order valence-electron chi connectivity index (χ2n) is 13.7. The minimum Gasteiger partial charge on any atom is -0.497 e. The zero-order valence-electron chi connectivity index (χ0n) is 31.2. The summed E-state index contributed by atoms with van der Waals surface area (Å²) in [7, 11) is 1.64. The van der Waals surface area contributed by atoms with Crippen molar-refractivity contribution in [3.63, 3.8) is 0 Å². The van der Waals surface area contributed by atoms with Gasteiger partial charge in [0, 0.05) is 45.8 Å². The SMILES string of the molecule is COc1ccc(-c2ccc(CN(OCCOCCN3CCN(C(=O)OC(C)(C)C)CC3)[C@H](CCNC(=O)OCc3ccccc3)C(C)=O)cc2)cc1. The number of methoxy groups -OCH3 is 1. The summed E-state index contributed by atoms with van der Waals surface area (Å²) < 4.78 is 22.0. The molecule has 0 unspecified atom stereocenters. The van der Waals surface area contributed by atoms with E-state index in [1.54, 1.807) is 17.1 Å². The van der Waals surface area contributed by atoms with E-state index in [1.165, 1.54) is 6.92 Å². The number of rotatable bonds is 18. The molecule has 3 aromatic rings. The first-order valence-corrected chi connectivity index (χ1v) is 17.9. The van der Waals surface area contributed by atoms with Crippen molar-refractivity contribution >= 4 is 18.0 Å². The van der Waals surface area contributed by atoms with Gasteiger partial charge in [-0.05, 0) is 68.5 Å². The van der Waals surface area contributed by atoms with Crippen LogP contribution in [-0.4, -0.2) is 111 Å². The predicted molar refractivity (Wildman–Crippen MR) is 199 cm³/mol. The van der Waals surface area contributed by atoms with Gasteiger partial charge in [0.2, 0.25) is 0 Å². The normalized spacial score (nSPS) is 14.2. The highest BCUT2D eigenvalue weighted by atomic mass is 16.7. The summed E-state index contributed by atoms with van der Waals surface area (Å²) in [5.41, 5.74) is 3.46. The van der Waals surface area contributed by atoms with Crippen molar-refractivity contribution in [2.45, 2.75) is 58.9 Å². The van der Waals surface area contributed by atoms with Crippen molar-refractivity contribution in [3.8, 4) is 16.9 Å². The molecule has 2 amide bonds. The molecule has 1 fully saturated rings. The first kappa shape index (κ1) is 40.3. The lowest BCUT2D eigenvalue weighted by Gasteiger charge is -2.35. The number of piperazine rings is 1. The Bertz CT molecular complexity index is 1520. The monoisotopic (exact) mass is 718 g/mol. The molecule has 0 aromatic heterocycles. The van der Waals surface area contributed by atoms with Crippen LogP contribution in [0.5, 0.6) is 5.75 Å². The van der Waals surface area contributed by atoms with Crippen LogP contribution in [-0.2, 0) is 37.0 Å². The van der Waals surface area contributed by atoms with Gasteiger partial charge in [-0.25, -0.2) is 9.59 Å². The van der Waals surface area contributed by atoms with E-state index in [4.69, 9.17) is 23.8 Å². The number of amides is 2. The van der Waals surface area contributed by atoms with Crippen LogP contribution < -0.4 is 10.1 Å². The number of carbonyl (C=O) groups excluding carboxylic acids is 3. The quantitative estimate of drug-likeness (QED) is 0.125. The van der Waals surface area contributed by atoms with E-state index in [0.717, 1.165) is 47.6 Å². The molecule has 1 aliphatic rings. The van der Waals surface area contributed by atoms with Crippen LogP contribution in [0.15, 0.2) is 78.9 Å². The summed E-state index contributed by atoms with van der Waals surface area (Å²) in [6.45, 7) is 12.4. The third-order valence-electron chi connectivity index (χ3n) is 8.49. The Morgan fingerprint density at radius 2 is 1.48 bits per heavy atom. The standard InChI is InChI=1S/C40H54N4O8/c1-31(45)37(19-20-41-38(46)50-30-33-9-7-6-8-10-33)44(29-32-11-13-34(14-12-32)35-15-17-36(48-5)18-16-35)51-28-27-49-26-25-42-21-23-43(24-22-42)39(47)52-40(2,3)4/h6-18,37H,19-30H2,1-5H3,(H,41,46)/t37-/m1/s1. The Kier molecular flexibility index (Phi) is 15.9. The molecule has 1 N–H and O–H groups in total. The van der Waals surface area contributed by atoms with Crippen LogP contribution in [0.3, 0.4) is 0 Å². The maximum atomic E-state index is 13.0. The van der Waals surface area contributed by atoms with Gasteiger partial charge < -0.3 is 29.2 Å². The van der Waals surface area contributed by atoms with Gasteiger partial charge in [-0.3, -0.25) is 14.5 Å². The minimum atomic E-state index is -0.614. The third kappa shape index (κ3) is 13.9. The van der Waals surface area contributed by atoms with Crippen LogP contribution in [0, 0.1) is 0 Å². The molecule has 4 rings (SSSR count). The smallest absolute Gasteiger partial charge is 0.410 e. The van der Waals surface area contributed by atoms with E-state index in [1.807, 2.05) is 99.6 Å². The van der Waals surface area contributed by atoms with Gasteiger partial charge in [0.1, 0.15) is 23.7 Å². The summed E-state index contributed by atoms with van der Waals surface area (Å²) >= 11 is 0. The number of nitrogens with zero attached hydrogens (tertiary/aromatic N) is 3. The molecule has 3 aromatic carbocycles. The van der Waals surface area contributed by atoms with Crippen molar-refractivity contribution in [2.24, 2.45) is 0 Å². The highest BCUT2D eigenvalue weighted by Crippen LogP contribution is 2.24. The molecule has 0 spiro atoms. The van der Waals surface area contributed by atoms with E-state index in [9.17, 15) is 14.4 Å². The Balaban J connectivity index is 1.28. The van der Waals surface area contributed by atoms with E-state index >= 15 is 0 Å². The summed E-state index contributed by atoms with van der Waals surface area (Å²) in [5.74, 6) is 0.713. The predicted octanol–water partition coefficient (Wildman–Crippen LogP) is 5.94. The molecule has 1 atom stereocenters. The second kappa shape index (κ2) is 20.5. The van der Waals surface area contributed by atoms with Gasteiger partial charge in [-0.1, -0.05) is 66.7 Å². The highest BCUT2D eigenvalue weighted by Gasteiger charge is 2.26. The molecule has 1 aliphatic heterocycles. The van der Waals surface area contributed by atoms with Gasteiger partial charge in [-0.2, -0.15) is 5.06 Å². The number of Topliss-reactive ketones (excluding diaryl/α,β-unsaturated/α-hetero) is 1. The van der Waals surface area contributed by atoms with Gasteiger partial charge >= 0.3 is 12.2 Å². The Morgan fingerprint density at radius 3 is 2.10 bits per heavy atom. The summed E-state index contributed by atoms with van der Waals surface area (Å²) in [5, 5.41) is 4.44.